The summed E-state index contributed by atoms with van der Waals surface area (Å²) in [7, 11) is 0. The van der Waals surface area contributed by atoms with E-state index in [1.54, 1.807) is 6.07 Å². The Morgan fingerprint density at radius 1 is 1.40 bits per heavy atom. The molecule has 0 aliphatic heterocycles. The van der Waals surface area contributed by atoms with Gasteiger partial charge in [-0.15, -0.1) is 0 Å². The van der Waals surface area contributed by atoms with Gasteiger partial charge in [0.2, 0.25) is 0 Å². The molecule has 5 nitrogen and oxygen atoms in total. The number of fused-ring (bicyclic) bond motifs is 1. The van der Waals surface area contributed by atoms with Gasteiger partial charge in [-0.2, -0.15) is 0 Å². The largest absolute Gasteiger partial charge is 0.482 e. The summed E-state index contributed by atoms with van der Waals surface area (Å²) in [6.45, 7) is 4.54. The molecule has 0 aliphatic carbocycles. The Morgan fingerprint density at radius 2 is 2.15 bits per heavy atom. The maximum atomic E-state index is 10.5. The van der Waals surface area contributed by atoms with Crippen molar-refractivity contribution in [2.75, 3.05) is 6.61 Å². The number of benzene rings is 1. The monoisotopic (exact) mass is 276 g/mol. The van der Waals surface area contributed by atoms with Crippen molar-refractivity contribution in [1.82, 2.24) is 4.57 Å². The van der Waals surface area contributed by atoms with Crippen molar-refractivity contribution in [3.63, 3.8) is 0 Å². The third kappa shape index (κ3) is 3.74. The Morgan fingerprint density at radius 3 is 2.80 bits per heavy atom. The fourth-order valence-electron chi connectivity index (χ4n) is 2.02. The van der Waals surface area contributed by atoms with E-state index in [2.05, 4.69) is 4.57 Å². The lowest BCUT2D eigenvalue weighted by Crippen LogP contribution is -2.33. The quantitative estimate of drug-likeness (QED) is 0.848. The molecular formula is C15H20N2O3. The molecule has 2 rings (SSSR count). The second kappa shape index (κ2) is 5.54. The van der Waals surface area contributed by atoms with Crippen molar-refractivity contribution in [2.45, 2.75) is 32.4 Å². The lowest BCUT2D eigenvalue weighted by Gasteiger charge is -2.18. The minimum Gasteiger partial charge on any atom is -0.482 e. The Kier molecular flexibility index (Phi) is 3.99. The summed E-state index contributed by atoms with van der Waals surface area (Å²) < 4.78 is 7.31. The van der Waals surface area contributed by atoms with E-state index in [1.165, 1.54) is 0 Å². The van der Waals surface area contributed by atoms with Gasteiger partial charge >= 0.3 is 5.97 Å². The summed E-state index contributed by atoms with van der Waals surface area (Å²) >= 11 is 0. The van der Waals surface area contributed by atoms with Gasteiger partial charge in [-0.25, -0.2) is 4.79 Å². The Labute approximate surface area is 117 Å². The van der Waals surface area contributed by atoms with Crippen molar-refractivity contribution in [1.29, 1.82) is 0 Å². The number of carbonyl (C=O) groups is 1. The number of hydrogen-bond donors (Lipinski definition) is 2. The van der Waals surface area contributed by atoms with Crippen LogP contribution in [0.3, 0.4) is 0 Å². The van der Waals surface area contributed by atoms with E-state index < -0.39 is 5.97 Å². The lowest BCUT2D eigenvalue weighted by molar-refractivity contribution is -0.139. The first-order chi connectivity index (χ1) is 9.35. The molecule has 1 aromatic heterocycles. The van der Waals surface area contributed by atoms with E-state index in [-0.39, 0.29) is 12.1 Å². The van der Waals surface area contributed by atoms with Crippen molar-refractivity contribution in [3.05, 3.63) is 30.5 Å². The van der Waals surface area contributed by atoms with Crippen LogP contribution in [0.2, 0.25) is 0 Å². The van der Waals surface area contributed by atoms with Crippen LogP contribution in [-0.2, 0) is 11.3 Å². The third-order valence-electron chi connectivity index (χ3n) is 3.10. The molecule has 0 aliphatic rings. The summed E-state index contributed by atoms with van der Waals surface area (Å²) in [4.78, 5) is 10.5. The molecular weight excluding hydrogens is 256 g/mol. The van der Waals surface area contributed by atoms with Crippen molar-refractivity contribution in [3.8, 4) is 5.75 Å². The summed E-state index contributed by atoms with van der Waals surface area (Å²) in [6, 6.07) is 7.57. The minimum atomic E-state index is -0.979. The van der Waals surface area contributed by atoms with Crippen LogP contribution in [0.4, 0.5) is 0 Å². The van der Waals surface area contributed by atoms with Gasteiger partial charge in [0, 0.05) is 29.2 Å². The van der Waals surface area contributed by atoms with E-state index in [4.69, 9.17) is 15.6 Å². The maximum absolute atomic E-state index is 10.5. The zero-order chi connectivity index (χ0) is 14.8. The van der Waals surface area contributed by atoms with Gasteiger partial charge in [-0.3, -0.25) is 0 Å². The SMILES string of the molecule is CC(C)(N)CCn1ccc2cc(OCC(=O)O)ccc21. The number of nitrogens with two attached hydrogens (primary N) is 1. The van der Waals surface area contributed by atoms with Crippen molar-refractivity contribution >= 4 is 16.9 Å². The van der Waals surface area contributed by atoms with Crippen LogP contribution < -0.4 is 10.5 Å². The fourth-order valence-corrected chi connectivity index (χ4v) is 2.02. The van der Waals surface area contributed by atoms with Gasteiger partial charge in [0.05, 0.1) is 0 Å². The highest BCUT2D eigenvalue weighted by atomic mass is 16.5. The van der Waals surface area contributed by atoms with E-state index in [1.807, 2.05) is 38.2 Å². The van der Waals surface area contributed by atoms with Crippen LogP contribution in [0.15, 0.2) is 30.5 Å². The van der Waals surface area contributed by atoms with E-state index >= 15 is 0 Å². The van der Waals surface area contributed by atoms with Gasteiger partial charge in [-0.1, -0.05) is 0 Å². The predicted molar refractivity (Wildman–Crippen MR) is 78.0 cm³/mol. The van der Waals surface area contributed by atoms with Gasteiger partial charge in [0.1, 0.15) is 5.75 Å². The van der Waals surface area contributed by atoms with Gasteiger partial charge in [0.25, 0.3) is 0 Å². The first-order valence-electron chi connectivity index (χ1n) is 6.57. The van der Waals surface area contributed by atoms with Crippen LogP contribution in [0.1, 0.15) is 20.3 Å². The molecule has 2 aromatic rings. The Bertz CT molecular complexity index is 611. The fraction of sp³-hybridized carbons (Fsp3) is 0.400. The highest BCUT2D eigenvalue weighted by Gasteiger charge is 2.11. The van der Waals surface area contributed by atoms with Crippen LogP contribution >= 0.6 is 0 Å². The number of carboxylic acid groups (broad SMARTS) is 1. The van der Waals surface area contributed by atoms with Crippen LogP contribution in [0.5, 0.6) is 5.75 Å². The highest BCUT2D eigenvalue weighted by Crippen LogP contribution is 2.23. The lowest BCUT2D eigenvalue weighted by atomic mass is 10.0. The number of rotatable bonds is 6. The average Bonchev–Trinajstić information content (AvgIpc) is 2.75. The minimum absolute atomic E-state index is 0.193. The topological polar surface area (TPSA) is 77.5 Å². The molecule has 0 bridgehead atoms. The number of aromatic nitrogens is 1. The molecule has 0 fully saturated rings. The van der Waals surface area contributed by atoms with Crippen molar-refractivity contribution in [2.24, 2.45) is 5.73 Å². The zero-order valence-electron chi connectivity index (χ0n) is 11.8. The molecule has 5 heteroatoms. The summed E-state index contributed by atoms with van der Waals surface area (Å²) in [6.07, 6.45) is 2.89. The summed E-state index contributed by atoms with van der Waals surface area (Å²) in [5.74, 6) is -0.412. The zero-order valence-corrected chi connectivity index (χ0v) is 11.8. The highest BCUT2D eigenvalue weighted by molar-refractivity contribution is 5.81. The smallest absolute Gasteiger partial charge is 0.341 e. The molecule has 3 N–H and O–H groups in total. The number of aliphatic carboxylic acids is 1. The molecule has 0 atom stereocenters. The van der Waals surface area contributed by atoms with Crippen molar-refractivity contribution < 1.29 is 14.6 Å². The number of hydrogen-bond acceptors (Lipinski definition) is 3. The Balaban J connectivity index is 2.14. The normalized spacial score (nSPS) is 11.8. The summed E-state index contributed by atoms with van der Waals surface area (Å²) in [5.41, 5.74) is 6.90. The van der Waals surface area contributed by atoms with Gasteiger partial charge in [0.15, 0.2) is 6.61 Å². The van der Waals surface area contributed by atoms with Crippen LogP contribution in [0.25, 0.3) is 10.9 Å². The van der Waals surface area contributed by atoms with Gasteiger partial charge < -0.3 is 20.1 Å². The van der Waals surface area contributed by atoms with E-state index in [0.29, 0.717) is 5.75 Å². The molecule has 0 radical (unpaired) electrons. The summed E-state index contributed by atoms with van der Waals surface area (Å²) in [5, 5.41) is 9.63. The van der Waals surface area contributed by atoms with Crippen LogP contribution in [0, 0.1) is 0 Å². The molecule has 0 saturated heterocycles. The van der Waals surface area contributed by atoms with E-state index in [0.717, 1.165) is 23.9 Å². The van der Waals surface area contributed by atoms with E-state index in [9.17, 15) is 4.79 Å². The molecule has 108 valence electrons. The Hall–Kier alpha value is -2.01. The molecule has 1 aromatic carbocycles. The first-order valence-corrected chi connectivity index (χ1v) is 6.57. The number of aryl methyl sites for hydroxylation is 1. The number of carboxylic acids is 1. The predicted octanol–water partition coefficient (Wildman–Crippen LogP) is 2.23. The third-order valence-corrected chi connectivity index (χ3v) is 3.10. The molecule has 20 heavy (non-hydrogen) atoms. The number of nitrogens with zero attached hydrogens (tertiary/aromatic N) is 1. The molecule has 0 saturated carbocycles. The first kappa shape index (κ1) is 14.4. The number of ether oxygens (including phenoxy) is 1. The molecule has 0 amide bonds. The average molecular weight is 276 g/mol. The molecule has 0 unspecified atom stereocenters. The standard InChI is InChI=1S/C15H20N2O3/c1-15(2,16)6-8-17-7-5-11-9-12(3-4-13(11)17)20-10-14(18)19/h3-5,7,9H,6,8,10,16H2,1-2H3,(H,18,19). The van der Waals surface area contributed by atoms with Gasteiger partial charge in [-0.05, 0) is 44.5 Å². The maximum Gasteiger partial charge on any atom is 0.341 e. The molecule has 1 heterocycles. The second-order valence-corrected chi connectivity index (χ2v) is 5.65. The van der Waals surface area contributed by atoms with Crippen LogP contribution in [-0.4, -0.2) is 27.8 Å². The molecule has 0 spiro atoms. The second-order valence-electron chi connectivity index (χ2n) is 5.65.